The summed E-state index contributed by atoms with van der Waals surface area (Å²) in [6, 6.07) is 6.45. The molecule has 21 heavy (non-hydrogen) atoms. The molecule has 0 bridgehead atoms. The number of carbonyl (C=O) groups is 1. The highest BCUT2D eigenvalue weighted by Crippen LogP contribution is 2.10. The SMILES string of the molecule is CCNS(=O)(=O)c1ccc(CNC(=O)CCC(C)N)cc1. The molecule has 1 rings (SSSR count). The van der Waals surface area contributed by atoms with Crippen LogP contribution in [-0.2, 0) is 21.4 Å². The van der Waals surface area contributed by atoms with E-state index in [-0.39, 0.29) is 16.8 Å². The Balaban J connectivity index is 2.54. The first-order chi connectivity index (χ1) is 9.85. The van der Waals surface area contributed by atoms with E-state index in [1.807, 2.05) is 6.92 Å². The minimum absolute atomic E-state index is 0.00584. The maximum Gasteiger partial charge on any atom is 0.240 e. The molecule has 118 valence electrons. The molecule has 0 aromatic heterocycles. The predicted octanol–water partition coefficient (Wildman–Crippen LogP) is 0.728. The van der Waals surface area contributed by atoms with Crippen LogP contribution in [0.4, 0.5) is 0 Å². The van der Waals surface area contributed by atoms with Crippen molar-refractivity contribution in [1.29, 1.82) is 0 Å². The molecule has 0 aliphatic heterocycles. The van der Waals surface area contributed by atoms with Crippen molar-refractivity contribution in [3.63, 3.8) is 0 Å². The largest absolute Gasteiger partial charge is 0.352 e. The molecule has 1 atom stereocenters. The molecule has 0 saturated carbocycles. The summed E-state index contributed by atoms with van der Waals surface area (Å²) in [4.78, 5) is 11.8. The van der Waals surface area contributed by atoms with Crippen molar-refractivity contribution < 1.29 is 13.2 Å². The van der Waals surface area contributed by atoms with Gasteiger partial charge >= 0.3 is 0 Å². The monoisotopic (exact) mass is 313 g/mol. The molecule has 0 aliphatic carbocycles. The van der Waals surface area contributed by atoms with Crippen molar-refractivity contribution in [3.05, 3.63) is 29.8 Å². The van der Waals surface area contributed by atoms with E-state index in [1.54, 1.807) is 19.1 Å². The molecule has 4 N–H and O–H groups in total. The second-order valence-electron chi connectivity index (χ2n) is 4.94. The zero-order valence-electron chi connectivity index (χ0n) is 12.4. The van der Waals surface area contributed by atoms with E-state index in [0.717, 1.165) is 5.56 Å². The van der Waals surface area contributed by atoms with E-state index >= 15 is 0 Å². The van der Waals surface area contributed by atoms with Gasteiger partial charge in [0.2, 0.25) is 15.9 Å². The first kappa shape index (κ1) is 17.6. The molecule has 1 unspecified atom stereocenters. The van der Waals surface area contributed by atoms with Crippen LogP contribution in [0.3, 0.4) is 0 Å². The van der Waals surface area contributed by atoms with Crippen LogP contribution in [0, 0.1) is 0 Å². The van der Waals surface area contributed by atoms with E-state index in [0.29, 0.717) is 25.9 Å². The number of amides is 1. The van der Waals surface area contributed by atoms with Crippen LogP contribution >= 0.6 is 0 Å². The highest BCUT2D eigenvalue weighted by Gasteiger charge is 2.12. The Labute approximate surface area is 126 Å². The van der Waals surface area contributed by atoms with Gasteiger partial charge in [-0.2, -0.15) is 0 Å². The van der Waals surface area contributed by atoms with Gasteiger partial charge in [-0.25, -0.2) is 13.1 Å². The fraction of sp³-hybridized carbons (Fsp3) is 0.500. The number of hydrogen-bond donors (Lipinski definition) is 3. The van der Waals surface area contributed by atoms with Crippen LogP contribution < -0.4 is 15.8 Å². The second kappa shape index (κ2) is 8.11. The molecule has 0 radical (unpaired) electrons. The molecule has 0 heterocycles. The first-order valence-electron chi connectivity index (χ1n) is 6.96. The predicted molar refractivity (Wildman–Crippen MR) is 82.0 cm³/mol. The van der Waals surface area contributed by atoms with E-state index < -0.39 is 10.0 Å². The quantitative estimate of drug-likeness (QED) is 0.658. The standard InChI is InChI=1S/C14H23N3O3S/c1-3-17-21(19,20)13-7-5-12(6-8-13)10-16-14(18)9-4-11(2)15/h5-8,11,17H,3-4,9-10,15H2,1-2H3,(H,16,18). The molecule has 7 heteroatoms. The molecule has 6 nitrogen and oxygen atoms in total. The van der Waals surface area contributed by atoms with Gasteiger partial charge in [-0.05, 0) is 31.0 Å². The lowest BCUT2D eigenvalue weighted by Gasteiger charge is -2.08. The van der Waals surface area contributed by atoms with E-state index in [4.69, 9.17) is 5.73 Å². The second-order valence-corrected chi connectivity index (χ2v) is 6.70. The van der Waals surface area contributed by atoms with Gasteiger partial charge in [-0.3, -0.25) is 4.79 Å². The van der Waals surface area contributed by atoms with E-state index in [1.165, 1.54) is 12.1 Å². The summed E-state index contributed by atoms with van der Waals surface area (Å²) in [6.45, 7) is 4.31. The van der Waals surface area contributed by atoms with Gasteiger partial charge < -0.3 is 11.1 Å². The first-order valence-corrected chi connectivity index (χ1v) is 8.44. The Morgan fingerprint density at radius 3 is 2.43 bits per heavy atom. The molecular weight excluding hydrogens is 290 g/mol. The van der Waals surface area contributed by atoms with Gasteiger partial charge in [0.25, 0.3) is 0 Å². The highest BCUT2D eigenvalue weighted by molar-refractivity contribution is 7.89. The molecular formula is C14H23N3O3S. The normalized spacial score (nSPS) is 12.9. The van der Waals surface area contributed by atoms with Gasteiger partial charge in [0, 0.05) is 25.6 Å². The minimum atomic E-state index is -3.43. The van der Waals surface area contributed by atoms with Crippen LogP contribution in [0.25, 0.3) is 0 Å². The number of nitrogens with one attached hydrogen (secondary N) is 2. The van der Waals surface area contributed by atoms with Gasteiger partial charge in [-0.15, -0.1) is 0 Å². The maximum atomic E-state index is 11.8. The molecule has 0 fully saturated rings. The molecule has 0 spiro atoms. The number of hydrogen-bond acceptors (Lipinski definition) is 4. The zero-order valence-corrected chi connectivity index (χ0v) is 13.2. The van der Waals surface area contributed by atoms with Crippen molar-refractivity contribution in [2.24, 2.45) is 5.73 Å². The summed E-state index contributed by atoms with van der Waals surface area (Å²) in [5.41, 5.74) is 6.43. The number of benzene rings is 1. The highest BCUT2D eigenvalue weighted by atomic mass is 32.2. The fourth-order valence-electron chi connectivity index (χ4n) is 1.71. The van der Waals surface area contributed by atoms with Crippen LogP contribution in [0.2, 0.25) is 0 Å². The van der Waals surface area contributed by atoms with Crippen molar-refractivity contribution in [2.45, 2.75) is 44.2 Å². The lowest BCUT2D eigenvalue weighted by Crippen LogP contribution is -2.25. The lowest BCUT2D eigenvalue weighted by atomic mass is 10.2. The Bertz CT molecular complexity index is 553. The Morgan fingerprint density at radius 2 is 1.90 bits per heavy atom. The van der Waals surface area contributed by atoms with Gasteiger partial charge in [0.1, 0.15) is 0 Å². The molecule has 1 aromatic carbocycles. The van der Waals surface area contributed by atoms with Crippen LogP contribution in [0.5, 0.6) is 0 Å². The average Bonchev–Trinajstić information content (AvgIpc) is 2.43. The molecule has 0 aliphatic rings. The van der Waals surface area contributed by atoms with Crippen molar-refractivity contribution in [2.75, 3.05) is 6.54 Å². The van der Waals surface area contributed by atoms with Crippen LogP contribution in [-0.4, -0.2) is 26.9 Å². The third-order valence-corrected chi connectivity index (χ3v) is 4.45. The number of sulfonamides is 1. The van der Waals surface area contributed by atoms with Gasteiger partial charge in [0.15, 0.2) is 0 Å². The lowest BCUT2D eigenvalue weighted by molar-refractivity contribution is -0.121. The third kappa shape index (κ3) is 6.24. The average molecular weight is 313 g/mol. The van der Waals surface area contributed by atoms with Gasteiger partial charge in [-0.1, -0.05) is 19.1 Å². The Kier molecular flexibility index (Phi) is 6.80. The summed E-state index contributed by atoms with van der Waals surface area (Å²) in [5, 5.41) is 2.78. The van der Waals surface area contributed by atoms with Gasteiger partial charge in [0.05, 0.1) is 4.90 Å². The summed E-state index contributed by atoms with van der Waals surface area (Å²) >= 11 is 0. The van der Waals surface area contributed by atoms with E-state index in [9.17, 15) is 13.2 Å². The van der Waals surface area contributed by atoms with Crippen LogP contribution in [0.1, 0.15) is 32.3 Å². The summed E-state index contributed by atoms with van der Waals surface area (Å²) in [5.74, 6) is -0.0587. The Hall–Kier alpha value is -1.44. The minimum Gasteiger partial charge on any atom is -0.352 e. The molecule has 1 aromatic rings. The zero-order chi connectivity index (χ0) is 15.9. The maximum absolute atomic E-state index is 11.8. The Morgan fingerprint density at radius 1 is 1.29 bits per heavy atom. The number of rotatable bonds is 8. The third-order valence-electron chi connectivity index (χ3n) is 2.88. The molecule has 1 amide bonds. The summed E-state index contributed by atoms with van der Waals surface area (Å²) in [6.07, 6.45) is 1.04. The summed E-state index contributed by atoms with van der Waals surface area (Å²) in [7, 11) is -3.43. The number of nitrogens with two attached hydrogens (primary N) is 1. The summed E-state index contributed by atoms with van der Waals surface area (Å²) < 4.78 is 26.0. The topological polar surface area (TPSA) is 101 Å². The van der Waals surface area contributed by atoms with Crippen molar-refractivity contribution in [1.82, 2.24) is 10.0 Å². The molecule has 0 saturated heterocycles. The number of carbonyl (C=O) groups excluding carboxylic acids is 1. The van der Waals surface area contributed by atoms with Crippen LogP contribution in [0.15, 0.2) is 29.2 Å². The smallest absolute Gasteiger partial charge is 0.240 e. The van der Waals surface area contributed by atoms with Crippen molar-refractivity contribution >= 4 is 15.9 Å². The van der Waals surface area contributed by atoms with Crippen molar-refractivity contribution in [3.8, 4) is 0 Å². The fourth-order valence-corrected chi connectivity index (χ4v) is 2.75. The van der Waals surface area contributed by atoms with E-state index in [2.05, 4.69) is 10.0 Å².